The van der Waals surface area contributed by atoms with E-state index >= 15 is 0 Å². The average molecular weight is 394 g/mol. The number of carbonyl (C=O) groups excluding carboxylic acids is 1. The number of hydrogen-bond donors (Lipinski definition) is 1. The molecule has 2 heterocycles. The maximum atomic E-state index is 12.9. The first-order chi connectivity index (χ1) is 13.0. The lowest BCUT2D eigenvalue weighted by Gasteiger charge is -2.36. The lowest BCUT2D eigenvalue weighted by molar-refractivity contribution is -0.126. The van der Waals surface area contributed by atoms with Crippen molar-refractivity contribution in [2.75, 3.05) is 32.7 Å². The van der Waals surface area contributed by atoms with E-state index in [1.54, 1.807) is 4.31 Å². The Kier molecular flexibility index (Phi) is 6.89. The molecule has 2 atom stereocenters. The summed E-state index contributed by atoms with van der Waals surface area (Å²) in [6.45, 7) is 4.67. The summed E-state index contributed by atoms with van der Waals surface area (Å²) < 4.78 is 28.9. The SMILES string of the molecule is C[C@@H](CNC(=O)[C@H]1CCCN(S(=O)(=O)N2CCCCC2)C1)c1ccccc1. The third-order valence-electron chi connectivity index (χ3n) is 5.67. The number of rotatable bonds is 6. The van der Waals surface area contributed by atoms with Gasteiger partial charge in [-0.2, -0.15) is 17.0 Å². The Hall–Kier alpha value is -1.44. The smallest absolute Gasteiger partial charge is 0.281 e. The van der Waals surface area contributed by atoms with Crippen LogP contribution in [0.5, 0.6) is 0 Å². The zero-order valence-corrected chi connectivity index (χ0v) is 17.0. The molecule has 0 bridgehead atoms. The molecule has 0 aromatic heterocycles. The molecule has 1 aromatic rings. The summed E-state index contributed by atoms with van der Waals surface area (Å²) in [5, 5.41) is 3.03. The largest absolute Gasteiger partial charge is 0.355 e. The fourth-order valence-corrected chi connectivity index (χ4v) is 5.70. The van der Waals surface area contributed by atoms with Crippen molar-refractivity contribution in [1.29, 1.82) is 0 Å². The molecule has 1 aromatic carbocycles. The van der Waals surface area contributed by atoms with Gasteiger partial charge in [-0.15, -0.1) is 0 Å². The lowest BCUT2D eigenvalue weighted by Crippen LogP contribution is -2.51. The molecule has 2 aliphatic heterocycles. The maximum Gasteiger partial charge on any atom is 0.281 e. The third kappa shape index (κ3) is 5.09. The van der Waals surface area contributed by atoms with Crippen LogP contribution < -0.4 is 5.32 Å². The Morgan fingerprint density at radius 1 is 1.07 bits per heavy atom. The number of hydrogen-bond acceptors (Lipinski definition) is 3. The van der Waals surface area contributed by atoms with Gasteiger partial charge in [-0.25, -0.2) is 0 Å². The Bertz CT molecular complexity index is 717. The van der Waals surface area contributed by atoms with E-state index in [2.05, 4.69) is 24.4 Å². The second-order valence-corrected chi connectivity index (χ2v) is 9.65. The van der Waals surface area contributed by atoms with E-state index in [1.807, 2.05) is 18.2 Å². The molecule has 6 nitrogen and oxygen atoms in total. The van der Waals surface area contributed by atoms with Crippen molar-refractivity contribution < 1.29 is 13.2 Å². The van der Waals surface area contributed by atoms with Gasteiger partial charge in [-0.3, -0.25) is 4.79 Å². The van der Waals surface area contributed by atoms with Gasteiger partial charge in [0.15, 0.2) is 0 Å². The van der Waals surface area contributed by atoms with E-state index in [9.17, 15) is 13.2 Å². The van der Waals surface area contributed by atoms with Crippen LogP contribution in [0.4, 0.5) is 0 Å². The van der Waals surface area contributed by atoms with Crippen LogP contribution >= 0.6 is 0 Å². The number of benzene rings is 1. The van der Waals surface area contributed by atoms with Gasteiger partial charge in [0, 0.05) is 32.7 Å². The van der Waals surface area contributed by atoms with Crippen LogP contribution in [0.3, 0.4) is 0 Å². The lowest BCUT2D eigenvalue weighted by atomic mass is 9.97. The second-order valence-electron chi connectivity index (χ2n) is 7.72. The minimum atomic E-state index is -3.44. The highest BCUT2D eigenvalue weighted by Crippen LogP contribution is 2.24. The van der Waals surface area contributed by atoms with E-state index in [4.69, 9.17) is 0 Å². The molecule has 7 heteroatoms. The van der Waals surface area contributed by atoms with Crippen molar-refractivity contribution in [1.82, 2.24) is 13.9 Å². The fourth-order valence-electron chi connectivity index (χ4n) is 3.92. The van der Waals surface area contributed by atoms with Crippen LogP contribution in [0.15, 0.2) is 30.3 Å². The molecule has 0 radical (unpaired) electrons. The van der Waals surface area contributed by atoms with Crippen LogP contribution in [-0.2, 0) is 15.0 Å². The Labute approximate surface area is 163 Å². The van der Waals surface area contributed by atoms with Crippen molar-refractivity contribution in [3.8, 4) is 0 Å². The Morgan fingerprint density at radius 2 is 1.74 bits per heavy atom. The summed E-state index contributed by atoms with van der Waals surface area (Å²) in [5.74, 6) is -0.0652. The van der Waals surface area contributed by atoms with Crippen LogP contribution in [-0.4, -0.2) is 55.7 Å². The predicted octanol–water partition coefficient (Wildman–Crippen LogP) is 2.35. The molecule has 1 amide bonds. The first-order valence-electron chi connectivity index (χ1n) is 10.1. The topological polar surface area (TPSA) is 69.7 Å². The summed E-state index contributed by atoms with van der Waals surface area (Å²) in [6.07, 6.45) is 4.43. The quantitative estimate of drug-likeness (QED) is 0.807. The molecule has 27 heavy (non-hydrogen) atoms. The molecule has 0 saturated carbocycles. The molecule has 0 spiro atoms. The first-order valence-corrected chi connectivity index (χ1v) is 11.5. The average Bonchev–Trinajstić information content (AvgIpc) is 2.73. The van der Waals surface area contributed by atoms with Crippen molar-refractivity contribution in [3.63, 3.8) is 0 Å². The van der Waals surface area contributed by atoms with Gasteiger partial charge in [-0.05, 0) is 37.2 Å². The number of nitrogens with one attached hydrogen (secondary N) is 1. The summed E-state index contributed by atoms with van der Waals surface area (Å²) in [6, 6.07) is 10.1. The monoisotopic (exact) mass is 393 g/mol. The summed E-state index contributed by atoms with van der Waals surface area (Å²) in [5.41, 5.74) is 1.19. The van der Waals surface area contributed by atoms with E-state index < -0.39 is 10.2 Å². The standard InChI is InChI=1S/C20H31N3O3S/c1-17(18-9-4-2-5-10-18)15-21-20(24)19-11-8-14-23(16-19)27(25,26)22-12-6-3-7-13-22/h2,4-5,9-10,17,19H,3,6-8,11-16H2,1H3,(H,21,24)/t17-,19-/m0/s1. The van der Waals surface area contributed by atoms with Crippen molar-refractivity contribution in [2.45, 2.75) is 44.9 Å². The molecular weight excluding hydrogens is 362 g/mol. The minimum absolute atomic E-state index is 0.0312. The highest BCUT2D eigenvalue weighted by atomic mass is 32.2. The maximum absolute atomic E-state index is 12.9. The third-order valence-corrected chi connectivity index (χ3v) is 7.68. The van der Waals surface area contributed by atoms with Crippen LogP contribution in [0.1, 0.15) is 50.5 Å². The molecule has 2 fully saturated rings. The highest BCUT2D eigenvalue weighted by Gasteiger charge is 2.36. The zero-order chi connectivity index (χ0) is 19.3. The molecule has 1 N–H and O–H groups in total. The van der Waals surface area contributed by atoms with E-state index in [1.165, 1.54) is 9.87 Å². The van der Waals surface area contributed by atoms with Gasteiger partial charge < -0.3 is 5.32 Å². The fraction of sp³-hybridized carbons (Fsp3) is 0.650. The number of carbonyl (C=O) groups is 1. The Morgan fingerprint density at radius 3 is 2.44 bits per heavy atom. The molecular formula is C20H31N3O3S. The normalized spacial score (nSPS) is 23.7. The highest BCUT2D eigenvalue weighted by molar-refractivity contribution is 7.86. The van der Waals surface area contributed by atoms with Gasteiger partial charge in [0.05, 0.1) is 5.92 Å². The molecule has 2 saturated heterocycles. The van der Waals surface area contributed by atoms with Gasteiger partial charge >= 0.3 is 0 Å². The van der Waals surface area contributed by atoms with E-state index in [0.717, 1.165) is 32.1 Å². The van der Waals surface area contributed by atoms with Crippen LogP contribution in [0.2, 0.25) is 0 Å². The van der Waals surface area contributed by atoms with E-state index in [-0.39, 0.29) is 17.7 Å². The Balaban J connectivity index is 1.54. The van der Waals surface area contributed by atoms with Crippen molar-refractivity contribution >= 4 is 16.1 Å². The molecule has 0 aliphatic carbocycles. The molecule has 3 rings (SSSR count). The zero-order valence-electron chi connectivity index (χ0n) is 16.1. The number of amides is 1. The van der Waals surface area contributed by atoms with Gasteiger partial charge in [0.1, 0.15) is 0 Å². The molecule has 0 unspecified atom stereocenters. The van der Waals surface area contributed by atoms with Gasteiger partial charge in [0.25, 0.3) is 10.2 Å². The number of nitrogens with zero attached hydrogens (tertiary/aromatic N) is 2. The minimum Gasteiger partial charge on any atom is -0.355 e. The summed E-state index contributed by atoms with van der Waals surface area (Å²) in [4.78, 5) is 12.6. The predicted molar refractivity (Wildman–Crippen MR) is 107 cm³/mol. The van der Waals surface area contributed by atoms with Gasteiger partial charge in [-0.1, -0.05) is 43.7 Å². The van der Waals surface area contributed by atoms with Crippen LogP contribution in [0, 0.1) is 5.92 Å². The van der Waals surface area contributed by atoms with Crippen LogP contribution in [0.25, 0.3) is 0 Å². The van der Waals surface area contributed by atoms with Gasteiger partial charge in [0.2, 0.25) is 5.91 Å². The number of piperidine rings is 2. The first kappa shape index (κ1) is 20.3. The molecule has 150 valence electrons. The second kappa shape index (κ2) is 9.17. The summed E-state index contributed by atoms with van der Waals surface area (Å²) >= 11 is 0. The molecule has 2 aliphatic rings. The van der Waals surface area contributed by atoms with E-state index in [0.29, 0.717) is 32.7 Å². The summed E-state index contributed by atoms with van der Waals surface area (Å²) in [7, 11) is -3.44. The van der Waals surface area contributed by atoms with Crippen molar-refractivity contribution in [3.05, 3.63) is 35.9 Å². The van der Waals surface area contributed by atoms with Crippen molar-refractivity contribution in [2.24, 2.45) is 5.92 Å².